The van der Waals surface area contributed by atoms with Crippen molar-refractivity contribution < 1.29 is 14.8 Å². The number of allylic oxidation sites excluding steroid dienone is 8. The minimum atomic E-state index is -1.09. The number of carboxylic acids is 1. The molecule has 0 bridgehead atoms. The molecule has 0 saturated carbocycles. The van der Waals surface area contributed by atoms with Crippen molar-refractivity contribution in [1.29, 1.82) is 0 Å². The van der Waals surface area contributed by atoms with Gasteiger partial charge in [0.05, 0.1) is 10.5 Å². The lowest BCUT2D eigenvalue weighted by atomic mass is 10.0. The Morgan fingerprint density at radius 1 is 0.906 bits per heavy atom. The predicted molar refractivity (Wildman–Crippen MR) is 134 cm³/mol. The van der Waals surface area contributed by atoms with Crippen molar-refractivity contribution in [3.63, 3.8) is 0 Å². The number of nitrogens with zero attached hydrogens (tertiary/aromatic N) is 1. The number of aromatic carboxylic acids is 1. The Hall–Kier alpha value is -2.95. The van der Waals surface area contributed by atoms with E-state index in [4.69, 9.17) is 5.11 Å². The number of carboxylic acid groups (broad SMARTS) is 1. The van der Waals surface area contributed by atoms with Gasteiger partial charge in [-0.2, -0.15) is 0 Å². The first-order valence-corrected chi connectivity index (χ1v) is 11.3. The third-order valence-corrected chi connectivity index (χ3v) is 4.99. The predicted octanol–water partition coefficient (Wildman–Crippen LogP) is 8.45. The van der Waals surface area contributed by atoms with Gasteiger partial charge in [-0.25, -0.2) is 4.79 Å². The third kappa shape index (κ3) is 14.9. The molecule has 0 aliphatic rings. The summed E-state index contributed by atoms with van der Waals surface area (Å²) in [6.45, 7) is 11.0. The Labute approximate surface area is 193 Å². The molecular weight excluding hydrogens is 402 g/mol. The zero-order chi connectivity index (χ0) is 24.4. The van der Waals surface area contributed by atoms with Gasteiger partial charge in [-0.05, 0) is 84.8 Å². The molecule has 0 radical (unpaired) electrons. The van der Waals surface area contributed by atoms with Crippen molar-refractivity contribution in [3.8, 4) is 0 Å². The first-order valence-electron chi connectivity index (χ1n) is 11.3. The van der Waals surface area contributed by atoms with E-state index in [1.165, 1.54) is 67.4 Å². The molecule has 176 valence electrons. The molecule has 0 heterocycles. The summed E-state index contributed by atoms with van der Waals surface area (Å²) < 4.78 is 0. The summed E-state index contributed by atoms with van der Waals surface area (Å²) >= 11 is 0. The Bertz CT molecular complexity index is 782. The molecule has 1 N–H and O–H groups in total. The van der Waals surface area contributed by atoms with Crippen LogP contribution in [0.1, 0.15) is 89.9 Å². The van der Waals surface area contributed by atoms with Crippen LogP contribution in [-0.2, 0) is 0 Å². The van der Waals surface area contributed by atoms with E-state index in [9.17, 15) is 14.9 Å². The maximum atomic E-state index is 10.3. The number of hydrogen-bond donors (Lipinski definition) is 1. The fourth-order valence-corrected chi connectivity index (χ4v) is 2.76. The SMILES string of the molecule is C/C=C(/C)CC/C=C(/C)CC/C=C(\C)CCC=CCC.O=C(O)c1ccc([N+](=O)[O-])cc1. The van der Waals surface area contributed by atoms with Crippen molar-refractivity contribution in [2.75, 3.05) is 0 Å². The monoisotopic (exact) mass is 441 g/mol. The number of non-ortho nitro benzene ring substituents is 1. The number of benzene rings is 1. The van der Waals surface area contributed by atoms with Gasteiger partial charge in [0.1, 0.15) is 0 Å². The van der Waals surface area contributed by atoms with Crippen LogP contribution in [-0.4, -0.2) is 16.0 Å². The molecule has 32 heavy (non-hydrogen) atoms. The minimum absolute atomic E-state index is 0.0422. The van der Waals surface area contributed by atoms with E-state index in [1.54, 1.807) is 0 Å². The second-order valence-corrected chi connectivity index (χ2v) is 7.84. The molecule has 1 aromatic rings. The van der Waals surface area contributed by atoms with Crippen molar-refractivity contribution in [1.82, 2.24) is 0 Å². The molecule has 0 atom stereocenters. The number of rotatable bonds is 12. The van der Waals surface area contributed by atoms with Gasteiger partial charge < -0.3 is 5.11 Å². The summed E-state index contributed by atoms with van der Waals surface area (Å²) in [5.74, 6) is -1.09. The Balaban J connectivity index is 0.000000677. The highest BCUT2D eigenvalue weighted by molar-refractivity contribution is 5.87. The van der Waals surface area contributed by atoms with Gasteiger partial charge in [-0.1, -0.05) is 54.0 Å². The number of nitro benzene ring substituents is 1. The van der Waals surface area contributed by atoms with E-state index in [-0.39, 0.29) is 11.3 Å². The van der Waals surface area contributed by atoms with E-state index < -0.39 is 10.9 Å². The Kier molecular flexibility index (Phi) is 16.1. The van der Waals surface area contributed by atoms with Gasteiger partial charge >= 0.3 is 5.97 Å². The smallest absolute Gasteiger partial charge is 0.335 e. The molecular formula is C27H39NO4. The molecule has 0 unspecified atom stereocenters. The molecule has 5 heteroatoms. The summed E-state index contributed by atoms with van der Waals surface area (Å²) in [6, 6.07) is 4.70. The van der Waals surface area contributed by atoms with Crippen LogP contribution in [0, 0.1) is 10.1 Å². The zero-order valence-electron chi connectivity index (χ0n) is 20.3. The average Bonchev–Trinajstić information content (AvgIpc) is 2.77. The van der Waals surface area contributed by atoms with Gasteiger partial charge in [0.25, 0.3) is 5.69 Å². The van der Waals surface area contributed by atoms with E-state index in [2.05, 4.69) is 65.0 Å². The fourth-order valence-electron chi connectivity index (χ4n) is 2.76. The van der Waals surface area contributed by atoms with Crippen LogP contribution in [0.5, 0.6) is 0 Å². The minimum Gasteiger partial charge on any atom is -0.478 e. The number of hydrogen-bond acceptors (Lipinski definition) is 3. The van der Waals surface area contributed by atoms with E-state index in [1.807, 2.05) is 0 Å². The molecule has 1 rings (SSSR count). The third-order valence-electron chi connectivity index (χ3n) is 4.99. The standard InChI is InChI=1S/C20H34.C7H5NO4/c1-6-8-9-10-13-19(4)16-12-17-20(5)15-11-14-18(3)7-2;9-7(10)5-1-3-6(4-2-5)8(11)12/h7-9,15-16H,6,10-14,17H2,1-5H3;1-4H,(H,9,10)/b9-8?,18-7-,19-16+,20-15-;. The van der Waals surface area contributed by atoms with Crippen molar-refractivity contribution >= 4 is 11.7 Å². The van der Waals surface area contributed by atoms with Gasteiger partial charge in [0.2, 0.25) is 0 Å². The summed E-state index contributed by atoms with van der Waals surface area (Å²) in [7, 11) is 0. The fraction of sp³-hybridized carbons (Fsp3) is 0.444. The van der Waals surface area contributed by atoms with Crippen LogP contribution < -0.4 is 0 Å². The molecule has 0 fully saturated rings. The summed E-state index contributed by atoms with van der Waals surface area (Å²) in [5.41, 5.74) is 4.48. The van der Waals surface area contributed by atoms with Crippen LogP contribution in [0.4, 0.5) is 5.69 Å². The number of nitro groups is 1. The van der Waals surface area contributed by atoms with Gasteiger partial charge in [-0.15, -0.1) is 0 Å². The summed E-state index contributed by atoms with van der Waals surface area (Å²) in [5, 5.41) is 18.6. The van der Waals surface area contributed by atoms with Crippen molar-refractivity contribution in [2.45, 2.75) is 79.6 Å². The Morgan fingerprint density at radius 3 is 1.84 bits per heavy atom. The van der Waals surface area contributed by atoms with Gasteiger partial charge in [0.15, 0.2) is 0 Å². The van der Waals surface area contributed by atoms with Crippen LogP contribution in [0.25, 0.3) is 0 Å². The molecule has 1 aromatic carbocycles. The van der Waals surface area contributed by atoms with Crippen molar-refractivity contribution in [3.05, 3.63) is 87.0 Å². The topological polar surface area (TPSA) is 80.4 Å². The van der Waals surface area contributed by atoms with Gasteiger partial charge in [0, 0.05) is 12.1 Å². The largest absolute Gasteiger partial charge is 0.478 e. The van der Waals surface area contributed by atoms with Crippen LogP contribution in [0.15, 0.2) is 71.4 Å². The lowest BCUT2D eigenvalue weighted by molar-refractivity contribution is -0.384. The van der Waals surface area contributed by atoms with Gasteiger partial charge in [-0.3, -0.25) is 10.1 Å². The molecule has 0 aliphatic carbocycles. The molecule has 0 amide bonds. The molecule has 5 nitrogen and oxygen atoms in total. The lowest BCUT2D eigenvalue weighted by Crippen LogP contribution is -1.96. The maximum absolute atomic E-state index is 10.3. The van der Waals surface area contributed by atoms with Crippen LogP contribution >= 0.6 is 0 Å². The lowest BCUT2D eigenvalue weighted by Gasteiger charge is -2.02. The second-order valence-electron chi connectivity index (χ2n) is 7.84. The molecule has 0 aliphatic heterocycles. The highest BCUT2D eigenvalue weighted by atomic mass is 16.6. The van der Waals surface area contributed by atoms with Crippen molar-refractivity contribution in [2.24, 2.45) is 0 Å². The highest BCUT2D eigenvalue weighted by Gasteiger charge is 2.06. The summed E-state index contributed by atoms with van der Waals surface area (Å²) in [4.78, 5) is 19.9. The van der Waals surface area contributed by atoms with E-state index in [0.717, 1.165) is 18.6 Å². The van der Waals surface area contributed by atoms with E-state index in [0.29, 0.717) is 0 Å². The molecule has 0 aromatic heterocycles. The highest BCUT2D eigenvalue weighted by Crippen LogP contribution is 2.13. The zero-order valence-corrected chi connectivity index (χ0v) is 20.3. The molecule has 0 saturated heterocycles. The quantitative estimate of drug-likeness (QED) is 0.200. The Morgan fingerprint density at radius 2 is 1.41 bits per heavy atom. The average molecular weight is 442 g/mol. The first kappa shape index (κ1) is 29.1. The van der Waals surface area contributed by atoms with E-state index >= 15 is 0 Å². The second kappa shape index (κ2) is 17.7. The van der Waals surface area contributed by atoms with Crippen LogP contribution in [0.3, 0.4) is 0 Å². The first-order chi connectivity index (χ1) is 15.2. The van der Waals surface area contributed by atoms with Crippen LogP contribution in [0.2, 0.25) is 0 Å². The summed E-state index contributed by atoms with van der Waals surface area (Å²) in [6.07, 6.45) is 19.9. The normalized spacial score (nSPS) is 12.5. The molecule has 0 spiro atoms. The maximum Gasteiger partial charge on any atom is 0.335 e. The number of carbonyl (C=O) groups is 1.